The molecule has 0 aromatic rings. The summed E-state index contributed by atoms with van der Waals surface area (Å²) < 4.78 is 178. The molecule has 0 aliphatic heterocycles. The summed E-state index contributed by atoms with van der Waals surface area (Å²) in [5.41, 5.74) is 0. The maximum Gasteiger partial charge on any atom is 1.00 e. The van der Waals surface area contributed by atoms with Crippen LogP contribution in [0.1, 0.15) is 0 Å². The molecule has 0 aliphatic rings. The predicted molar refractivity (Wildman–Crippen MR) is 77.6 cm³/mol. The van der Waals surface area contributed by atoms with Gasteiger partial charge in [-0.3, -0.25) is 22.8 Å². The molecular weight excluding hydrogens is 631 g/mol. The largest absolute Gasteiger partial charge is 1.00 e. The Labute approximate surface area is 220 Å². The molecule has 194 valence electrons. The van der Waals surface area contributed by atoms with Crippen LogP contribution >= 0.6 is 0 Å². The Balaban J connectivity index is -0.000000110. The van der Waals surface area contributed by atoms with E-state index in [9.17, 15) is 55.1 Å². The van der Waals surface area contributed by atoms with Gasteiger partial charge in [0.2, 0.25) is 10.4 Å². The van der Waals surface area contributed by atoms with Crippen molar-refractivity contribution in [2.45, 2.75) is 0 Å². The van der Waals surface area contributed by atoms with Crippen LogP contribution in [0.2, 0.25) is 0 Å². The zero-order valence-corrected chi connectivity index (χ0v) is 22.0. The molecule has 0 unspecified atom stereocenters. The van der Waals surface area contributed by atoms with E-state index in [4.69, 9.17) is 22.8 Å². The first-order valence-electron chi connectivity index (χ1n) is 4.58. The van der Waals surface area contributed by atoms with Crippen LogP contribution < -0.4 is 51.4 Å². The normalized spacial score (nSPS) is 12.6. The van der Waals surface area contributed by atoms with Crippen molar-refractivity contribution in [3.8, 4) is 0 Å². The first kappa shape index (κ1) is 42.9. The van der Waals surface area contributed by atoms with Gasteiger partial charge in [0.05, 0.1) is 0 Å². The SMILES string of the molecule is O.O=S(=O)(O)OOS(=O)(=O)O.O=S(=O)(O)OOS(=O)(=O)O.O=S(=O)([O-])OOS(=O)(=O)O.[K+]. The van der Waals surface area contributed by atoms with Crippen LogP contribution in [0.25, 0.3) is 0 Å². The van der Waals surface area contributed by atoms with Crippen molar-refractivity contribution in [1.29, 1.82) is 0 Å². The first-order valence-corrected chi connectivity index (χ1v) is 12.7. The molecule has 32 heavy (non-hydrogen) atoms. The molecule has 0 saturated heterocycles. The molecule has 0 aliphatic carbocycles. The maximum atomic E-state index is 9.51. The van der Waals surface area contributed by atoms with Gasteiger partial charge in [0.1, 0.15) is 0 Å². The Bertz CT molecular complexity index is 889. The van der Waals surface area contributed by atoms with Gasteiger partial charge in [0.25, 0.3) is 0 Å². The Kier molecular flexibility index (Phi) is 22.1. The van der Waals surface area contributed by atoms with Crippen LogP contribution in [0.4, 0.5) is 0 Å². The van der Waals surface area contributed by atoms with Crippen LogP contribution in [0.15, 0.2) is 0 Å². The molecule has 32 heteroatoms. The summed E-state index contributed by atoms with van der Waals surface area (Å²) in [7, 11) is -30.4. The minimum atomic E-state index is -5.27. The molecular formula is H7KO25S6. The first-order chi connectivity index (χ1) is 12.6. The zero-order chi connectivity index (χ0) is 25.2. The third-order valence-corrected chi connectivity index (χ3v) is 2.29. The average Bonchev–Trinajstić information content (AvgIpc) is 2.38. The molecule has 0 rings (SSSR count). The van der Waals surface area contributed by atoms with Gasteiger partial charge in [0, 0.05) is 0 Å². The van der Waals surface area contributed by atoms with Crippen LogP contribution in [0.5, 0.6) is 0 Å². The molecule has 0 radical (unpaired) electrons. The van der Waals surface area contributed by atoms with Crippen molar-refractivity contribution >= 4 is 62.4 Å². The molecule has 7 N–H and O–H groups in total. The van der Waals surface area contributed by atoms with Crippen LogP contribution in [0.3, 0.4) is 0 Å². The molecule has 0 aromatic carbocycles. The third-order valence-electron chi connectivity index (χ3n) is 0.597. The Morgan fingerprint density at radius 2 is 0.531 bits per heavy atom. The number of hydrogen-bond acceptors (Lipinski definition) is 19. The fourth-order valence-electron chi connectivity index (χ4n) is 0.210. The maximum absolute atomic E-state index is 9.51. The molecule has 0 atom stereocenters. The van der Waals surface area contributed by atoms with E-state index in [0.717, 1.165) is 0 Å². The summed E-state index contributed by atoms with van der Waals surface area (Å²) in [5, 5.41) is 0. The molecule has 0 spiro atoms. The Hall–Kier alpha value is 0.816. The van der Waals surface area contributed by atoms with E-state index in [-0.39, 0.29) is 56.9 Å². The smallest absolute Gasteiger partial charge is 0.724 e. The standard InChI is InChI=1S/K.3H2O8S2.H2O/c;3*1-9(2,3)7-8-10(4,5)6;/h;3*(H,1,2,3)(H,4,5,6);1H2/q+1;;;;/p-1. The van der Waals surface area contributed by atoms with Gasteiger partial charge >= 0.3 is 103 Å². The van der Waals surface area contributed by atoms with Crippen LogP contribution in [-0.2, 0) is 88.4 Å². The average molecular weight is 639 g/mol. The Morgan fingerprint density at radius 3 is 0.594 bits per heavy atom. The second-order valence-electron chi connectivity index (χ2n) is 2.96. The summed E-state index contributed by atoms with van der Waals surface area (Å²) in [6.07, 6.45) is 0. The molecule has 0 fully saturated rings. The quantitative estimate of drug-likeness (QED) is 0.0514. The fourth-order valence-corrected chi connectivity index (χ4v) is 1.89. The monoisotopic (exact) mass is 638 g/mol. The minimum absolute atomic E-state index is 0. The van der Waals surface area contributed by atoms with Crippen molar-refractivity contribution in [2.24, 2.45) is 0 Å². The summed E-state index contributed by atoms with van der Waals surface area (Å²) in [4.78, 5) is 0. The molecule has 0 bridgehead atoms. The molecule has 0 amide bonds. The van der Waals surface area contributed by atoms with Gasteiger partial charge in [-0.25, -0.2) is 8.42 Å². The van der Waals surface area contributed by atoms with E-state index in [0.29, 0.717) is 0 Å². The second kappa shape index (κ2) is 16.5. The molecule has 0 aromatic heterocycles. The predicted octanol–water partition coefficient (Wildman–Crippen LogP) is -8.54. The summed E-state index contributed by atoms with van der Waals surface area (Å²) in [6.45, 7) is 0. The van der Waals surface area contributed by atoms with Gasteiger partial charge in [0.15, 0.2) is 0 Å². The van der Waals surface area contributed by atoms with E-state index in [1.54, 1.807) is 0 Å². The number of hydrogen-bond donors (Lipinski definition) is 5. The topological polar surface area (TPSA) is 416 Å². The van der Waals surface area contributed by atoms with E-state index in [2.05, 4.69) is 26.0 Å². The van der Waals surface area contributed by atoms with Gasteiger partial charge in [-0.1, -0.05) is 26.0 Å². The summed E-state index contributed by atoms with van der Waals surface area (Å²) in [6, 6.07) is 0. The van der Waals surface area contributed by atoms with Crippen molar-refractivity contribution in [2.75, 3.05) is 0 Å². The van der Waals surface area contributed by atoms with Gasteiger partial charge in [-0.2, -0.15) is 42.1 Å². The van der Waals surface area contributed by atoms with E-state index in [1.807, 2.05) is 0 Å². The fraction of sp³-hybridized carbons (Fsp3) is 0. The van der Waals surface area contributed by atoms with Crippen LogP contribution in [0, 0.1) is 0 Å². The zero-order valence-electron chi connectivity index (χ0n) is 13.9. The van der Waals surface area contributed by atoms with Crippen molar-refractivity contribution in [3.63, 3.8) is 0 Å². The second-order valence-corrected chi connectivity index (χ2v) is 8.87. The van der Waals surface area contributed by atoms with Crippen molar-refractivity contribution in [1.82, 2.24) is 0 Å². The third kappa shape index (κ3) is 57.6. The van der Waals surface area contributed by atoms with Crippen molar-refractivity contribution in [3.05, 3.63) is 0 Å². The minimum Gasteiger partial charge on any atom is -0.724 e. The molecule has 0 heterocycles. The molecule has 0 saturated carbocycles. The van der Waals surface area contributed by atoms with Gasteiger partial charge < -0.3 is 10.0 Å². The summed E-state index contributed by atoms with van der Waals surface area (Å²) >= 11 is 0. The van der Waals surface area contributed by atoms with E-state index < -0.39 is 62.4 Å². The van der Waals surface area contributed by atoms with Gasteiger partial charge in [-0.05, 0) is 0 Å². The molecule has 25 nitrogen and oxygen atoms in total. The van der Waals surface area contributed by atoms with E-state index in [1.165, 1.54) is 0 Å². The number of rotatable bonds is 9. The van der Waals surface area contributed by atoms with Crippen LogP contribution in [-0.4, -0.2) is 83.3 Å². The Morgan fingerprint density at radius 1 is 0.406 bits per heavy atom. The van der Waals surface area contributed by atoms with E-state index >= 15 is 0 Å². The summed E-state index contributed by atoms with van der Waals surface area (Å²) in [5.74, 6) is 0. The van der Waals surface area contributed by atoms with Crippen molar-refractivity contribution < 1.29 is 161 Å². The van der Waals surface area contributed by atoms with Gasteiger partial charge in [-0.15, -0.1) is 0 Å².